The SMILES string of the molecule is CC1(c2nc(CC(F)(F)F)no2)CCCC1N. The van der Waals surface area contributed by atoms with Crippen LogP contribution in [0.25, 0.3) is 0 Å². The first-order chi connectivity index (χ1) is 7.81. The van der Waals surface area contributed by atoms with Gasteiger partial charge in [0.2, 0.25) is 5.89 Å². The smallest absolute Gasteiger partial charge is 0.339 e. The van der Waals surface area contributed by atoms with Crippen molar-refractivity contribution in [1.29, 1.82) is 0 Å². The van der Waals surface area contributed by atoms with Crippen LogP contribution in [0, 0.1) is 0 Å². The third kappa shape index (κ3) is 2.43. The number of halogens is 3. The van der Waals surface area contributed by atoms with E-state index < -0.39 is 18.0 Å². The van der Waals surface area contributed by atoms with E-state index in [9.17, 15) is 13.2 Å². The van der Waals surface area contributed by atoms with Crippen LogP contribution < -0.4 is 5.73 Å². The molecule has 0 spiro atoms. The van der Waals surface area contributed by atoms with Gasteiger partial charge < -0.3 is 10.3 Å². The molecule has 0 radical (unpaired) electrons. The molecule has 1 aromatic rings. The monoisotopic (exact) mass is 249 g/mol. The zero-order chi connectivity index (χ0) is 12.7. The Balaban J connectivity index is 2.18. The average molecular weight is 249 g/mol. The third-order valence-corrected chi connectivity index (χ3v) is 3.34. The summed E-state index contributed by atoms with van der Waals surface area (Å²) in [6, 6.07) is -0.137. The van der Waals surface area contributed by atoms with Crippen LogP contribution in [0.4, 0.5) is 13.2 Å². The zero-order valence-corrected chi connectivity index (χ0v) is 9.42. The number of nitrogens with zero attached hydrogens (tertiary/aromatic N) is 2. The lowest BCUT2D eigenvalue weighted by Crippen LogP contribution is -2.38. The van der Waals surface area contributed by atoms with Gasteiger partial charge in [0.05, 0.1) is 5.41 Å². The van der Waals surface area contributed by atoms with Gasteiger partial charge in [-0.3, -0.25) is 0 Å². The normalized spacial score (nSPS) is 29.8. The van der Waals surface area contributed by atoms with Crippen LogP contribution >= 0.6 is 0 Å². The van der Waals surface area contributed by atoms with Gasteiger partial charge in [0.15, 0.2) is 5.82 Å². The number of aromatic nitrogens is 2. The van der Waals surface area contributed by atoms with E-state index >= 15 is 0 Å². The Morgan fingerprint density at radius 2 is 2.24 bits per heavy atom. The summed E-state index contributed by atoms with van der Waals surface area (Å²) in [6.07, 6.45) is -2.97. The maximum Gasteiger partial charge on any atom is 0.396 e. The zero-order valence-electron chi connectivity index (χ0n) is 9.42. The predicted octanol–water partition coefficient (Wildman–Crippen LogP) is 1.94. The topological polar surface area (TPSA) is 64.9 Å². The van der Waals surface area contributed by atoms with Crippen LogP contribution in [0.2, 0.25) is 0 Å². The highest BCUT2D eigenvalue weighted by Gasteiger charge is 2.43. The molecule has 17 heavy (non-hydrogen) atoms. The highest BCUT2D eigenvalue weighted by molar-refractivity contribution is 5.11. The van der Waals surface area contributed by atoms with Gasteiger partial charge in [-0.25, -0.2) is 0 Å². The van der Waals surface area contributed by atoms with Gasteiger partial charge >= 0.3 is 6.18 Å². The summed E-state index contributed by atoms with van der Waals surface area (Å²) in [4.78, 5) is 3.82. The molecule has 96 valence electrons. The molecule has 1 saturated carbocycles. The van der Waals surface area contributed by atoms with Crippen LogP contribution in [-0.4, -0.2) is 22.4 Å². The summed E-state index contributed by atoms with van der Waals surface area (Å²) in [5, 5.41) is 3.36. The van der Waals surface area contributed by atoms with Crippen LogP contribution in [0.3, 0.4) is 0 Å². The highest BCUT2D eigenvalue weighted by atomic mass is 19.4. The van der Waals surface area contributed by atoms with E-state index in [2.05, 4.69) is 10.1 Å². The molecule has 2 N–H and O–H groups in total. The molecular weight excluding hydrogens is 235 g/mol. The first-order valence-corrected chi connectivity index (χ1v) is 5.47. The molecule has 1 heterocycles. The molecular formula is C10H14F3N3O. The Morgan fingerprint density at radius 1 is 1.53 bits per heavy atom. The molecule has 4 nitrogen and oxygen atoms in total. The van der Waals surface area contributed by atoms with Crippen molar-refractivity contribution >= 4 is 0 Å². The van der Waals surface area contributed by atoms with Gasteiger partial charge in [-0.2, -0.15) is 18.2 Å². The number of hydrogen-bond acceptors (Lipinski definition) is 4. The van der Waals surface area contributed by atoms with E-state index in [1.54, 1.807) is 0 Å². The Bertz CT molecular complexity index is 404. The summed E-state index contributed by atoms with van der Waals surface area (Å²) in [7, 11) is 0. The van der Waals surface area contributed by atoms with Crippen molar-refractivity contribution in [3.8, 4) is 0 Å². The highest BCUT2D eigenvalue weighted by Crippen LogP contribution is 2.39. The molecule has 0 amide bonds. The Hall–Kier alpha value is -1.11. The lowest BCUT2D eigenvalue weighted by molar-refractivity contribution is -0.128. The molecule has 1 fully saturated rings. The lowest BCUT2D eigenvalue weighted by Gasteiger charge is -2.23. The minimum atomic E-state index is -4.32. The maximum absolute atomic E-state index is 12.2. The van der Waals surface area contributed by atoms with Crippen LogP contribution in [0.1, 0.15) is 37.9 Å². The van der Waals surface area contributed by atoms with Crippen molar-refractivity contribution in [3.63, 3.8) is 0 Å². The van der Waals surface area contributed by atoms with Crippen LogP contribution in [0.15, 0.2) is 4.52 Å². The van der Waals surface area contributed by atoms with E-state index in [0.717, 1.165) is 19.3 Å². The second kappa shape index (κ2) is 3.97. The largest absolute Gasteiger partial charge is 0.396 e. The molecule has 2 atom stereocenters. The minimum Gasteiger partial charge on any atom is -0.339 e. The Morgan fingerprint density at radius 3 is 2.76 bits per heavy atom. The first kappa shape index (κ1) is 12.3. The van der Waals surface area contributed by atoms with Gasteiger partial charge in [-0.1, -0.05) is 11.6 Å². The number of rotatable bonds is 2. The quantitative estimate of drug-likeness (QED) is 0.869. The van der Waals surface area contributed by atoms with Gasteiger partial charge in [-0.05, 0) is 19.8 Å². The molecule has 0 aliphatic heterocycles. The van der Waals surface area contributed by atoms with Crippen LogP contribution in [-0.2, 0) is 11.8 Å². The van der Waals surface area contributed by atoms with Crippen molar-refractivity contribution in [1.82, 2.24) is 10.1 Å². The van der Waals surface area contributed by atoms with E-state index in [-0.39, 0.29) is 17.8 Å². The first-order valence-electron chi connectivity index (χ1n) is 5.47. The molecule has 1 aliphatic carbocycles. The summed E-state index contributed by atoms with van der Waals surface area (Å²) < 4.78 is 41.4. The second-order valence-electron chi connectivity index (χ2n) is 4.72. The summed E-state index contributed by atoms with van der Waals surface area (Å²) in [5.74, 6) is -0.102. The molecule has 0 bridgehead atoms. The van der Waals surface area contributed by atoms with Crippen molar-refractivity contribution in [2.45, 2.75) is 50.2 Å². The molecule has 0 saturated heterocycles. The third-order valence-electron chi connectivity index (χ3n) is 3.34. The number of alkyl halides is 3. The minimum absolute atomic E-state index is 0.137. The second-order valence-corrected chi connectivity index (χ2v) is 4.72. The number of hydrogen-bond donors (Lipinski definition) is 1. The molecule has 1 aromatic heterocycles. The van der Waals surface area contributed by atoms with E-state index in [1.165, 1.54) is 0 Å². The lowest BCUT2D eigenvalue weighted by atomic mass is 9.85. The number of nitrogens with two attached hydrogens (primary N) is 1. The fourth-order valence-corrected chi connectivity index (χ4v) is 2.20. The van der Waals surface area contributed by atoms with Gasteiger partial charge in [0.25, 0.3) is 0 Å². The van der Waals surface area contributed by atoms with E-state index in [1.807, 2.05) is 6.92 Å². The van der Waals surface area contributed by atoms with Crippen molar-refractivity contribution in [3.05, 3.63) is 11.7 Å². The summed E-state index contributed by atoms with van der Waals surface area (Å²) in [5.41, 5.74) is 5.44. The van der Waals surface area contributed by atoms with Crippen molar-refractivity contribution in [2.24, 2.45) is 5.73 Å². The fraction of sp³-hybridized carbons (Fsp3) is 0.800. The van der Waals surface area contributed by atoms with Gasteiger partial charge in [0, 0.05) is 6.04 Å². The van der Waals surface area contributed by atoms with Gasteiger partial charge in [-0.15, -0.1) is 0 Å². The molecule has 1 aliphatic rings. The molecule has 7 heteroatoms. The summed E-state index contributed by atoms with van der Waals surface area (Å²) in [6.45, 7) is 1.86. The van der Waals surface area contributed by atoms with E-state index in [0.29, 0.717) is 0 Å². The Kier molecular flexibility index (Phi) is 2.89. The molecule has 0 aromatic carbocycles. The predicted molar refractivity (Wildman–Crippen MR) is 53.2 cm³/mol. The Labute approximate surface area is 96.4 Å². The van der Waals surface area contributed by atoms with Crippen molar-refractivity contribution in [2.75, 3.05) is 0 Å². The van der Waals surface area contributed by atoms with E-state index in [4.69, 9.17) is 10.3 Å². The average Bonchev–Trinajstić information content (AvgIpc) is 2.74. The van der Waals surface area contributed by atoms with Crippen molar-refractivity contribution < 1.29 is 17.7 Å². The van der Waals surface area contributed by atoms with Crippen LogP contribution in [0.5, 0.6) is 0 Å². The standard InChI is InChI=1S/C10H14F3N3O/c1-9(4-2-3-6(9)14)8-15-7(16-17-8)5-10(11,12)13/h6H,2-5,14H2,1H3. The summed E-state index contributed by atoms with van der Waals surface area (Å²) >= 11 is 0. The fourth-order valence-electron chi connectivity index (χ4n) is 2.20. The maximum atomic E-state index is 12.2. The van der Waals surface area contributed by atoms with Gasteiger partial charge in [0.1, 0.15) is 6.42 Å². The molecule has 2 rings (SSSR count). The molecule has 2 unspecified atom stereocenters.